The predicted molar refractivity (Wildman–Crippen MR) is 120 cm³/mol. The van der Waals surface area contributed by atoms with E-state index in [1.165, 1.54) is 61.8 Å². The van der Waals surface area contributed by atoms with Gasteiger partial charge < -0.3 is 9.84 Å². The number of aliphatic hydroxyl groups excluding tert-OH is 1. The predicted octanol–water partition coefficient (Wildman–Crippen LogP) is 4.28. The van der Waals surface area contributed by atoms with Gasteiger partial charge in [-0.25, -0.2) is 4.98 Å². The number of amides is 1. The van der Waals surface area contributed by atoms with Crippen LogP contribution in [-0.4, -0.2) is 33.8 Å². The minimum Gasteiger partial charge on any atom is -0.507 e. The van der Waals surface area contributed by atoms with Crippen molar-refractivity contribution in [3.63, 3.8) is 0 Å². The first-order valence-corrected chi connectivity index (χ1v) is 10.0. The largest absolute Gasteiger partial charge is 0.507 e. The molecule has 1 saturated heterocycles. The number of aliphatic hydroxyl groups is 1. The molecule has 1 fully saturated rings. The third-order valence-electron chi connectivity index (χ3n) is 5.16. The fourth-order valence-electron chi connectivity index (χ4n) is 3.66. The lowest BCUT2D eigenvalue weighted by molar-refractivity contribution is -0.384. The zero-order valence-corrected chi connectivity index (χ0v) is 17.9. The summed E-state index contributed by atoms with van der Waals surface area (Å²) in [6.45, 7) is 0. The van der Waals surface area contributed by atoms with Crippen LogP contribution in [0.2, 0.25) is 5.02 Å². The van der Waals surface area contributed by atoms with Crippen LogP contribution in [0.3, 0.4) is 0 Å². The maximum absolute atomic E-state index is 13.1. The maximum atomic E-state index is 13.1. The van der Waals surface area contributed by atoms with Crippen LogP contribution in [0.5, 0.6) is 5.75 Å². The van der Waals surface area contributed by atoms with Crippen LogP contribution in [0, 0.1) is 10.1 Å². The van der Waals surface area contributed by atoms with Crippen LogP contribution in [-0.2, 0) is 9.59 Å². The number of nitro benzene ring substituents is 1. The Hall–Kier alpha value is -4.24. The first kappa shape index (κ1) is 22.0. The summed E-state index contributed by atoms with van der Waals surface area (Å²) < 4.78 is 5.11. The lowest BCUT2D eigenvalue weighted by Crippen LogP contribution is -2.30. The van der Waals surface area contributed by atoms with Gasteiger partial charge in [-0.3, -0.25) is 24.6 Å². The highest BCUT2D eigenvalue weighted by Gasteiger charge is 2.47. The number of non-ortho nitro benzene ring substituents is 1. The fourth-order valence-corrected chi connectivity index (χ4v) is 3.92. The molecule has 0 unspecified atom stereocenters. The molecule has 9 nitrogen and oxygen atoms in total. The zero-order valence-electron chi connectivity index (χ0n) is 17.1. The third-order valence-corrected chi connectivity index (χ3v) is 5.46. The molecule has 0 aliphatic carbocycles. The summed E-state index contributed by atoms with van der Waals surface area (Å²) >= 11 is 6.17. The normalized spacial score (nSPS) is 17.3. The molecule has 1 aromatic heterocycles. The van der Waals surface area contributed by atoms with E-state index in [2.05, 4.69) is 4.98 Å². The summed E-state index contributed by atoms with van der Waals surface area (Å²) in [5, 5.41) is 22.6. The Labute approximate surface area is 192 Å². The maximum Gasteiger partial charge on any atom is 0.301 e. The van der Waals surface area contributed by atoms with E-state index in [1.54, 1.807) is 12.1 Å². The molecule has 33 heavy (non-hydrogen) atoms. The number of pyridine rings is 1. The second-order valence-corrected chi connectivity index (χ2v) is 7.47. The Morgan fingerprint density at radius 3 is 2.58 bits per heavy atom. The Morgan fingerprint density at radius 1 is 1.15 bits per heavy atom. The number of benzene rings is 2. The molecule has 0 bridgehead atoms. The van der Waals surface area contributed by atoms with Gasteiger partial charge in [0.1, 0.15) is 17.3 Å². The summed E-state index contributed by atoms with van der Waals surface area (Å²) in [6, 6.07) is 13.6. The van der Waals surface area contributed by atoms with E-state index >= 15 is 0 Å². The van der Waals surface area contributed by atoms with Gasteiger partial charge in [-0.2, -0.15) is 0 Å². The molecule has 1 aliphatic heterocycles. The summed E-state index contributed by atoms with van der Waals surface area (Å²) in [4.78, 5) is 42.1. The number of ether oxygens (including phenoxy) is 1. The van der Waals surface area contributed by atoms with E-state index in [1.807, 2.05) is 0 Å². The second-order valence-electron chi connectivity index (χ2n) is 7.06. The van der Waals surface area contributed by atoms with Crippen LogP contribution in [0.4, 0.5) is 11.5 Å². The van der Waals surface area contributed by atoms with Crippen molar-refractivity contribution in [2.75, 3.05) is 12.0 Å². The number of hydrogen-bond acceptors (Lipinski definition) is 7. The molecule has 0 saturated carbocycles. The molecule has 166 valence electrons. The summed E-state index contributed by atoms with van der Waals surface area (Å²) in [5.41, 5.74) is -0.0375. The second kappa shape index (κ2) is 8.71. The van der Waals surface area contributed by atoms with E-state index in [0.717, 1.165) is 4.90 Å². The number of carbonyl (C=O) groups is 2. The van der Waals surface area contributed by atoms with Gasteiger partial charge in [0, 0.05) is 23.9 Å². The van der Waals surface area contributed by atoms with Gasteiger partial charge in [-0.05, 0) is 35.9 Å². The van der Waals surface area contributed by atoms with Gasteiger partial charge >= 0.3 is 5.91 Å². The van der Waals surface area contributed by atoms with Crippen molar-refractivity contribution in [2.45, 2.75) is 6.04 Å². The molecule has 1 atom stereocenters. The Bertz CT molecular complexity index is 1310. The number of nitrogens with zero attached hydrogens (tertiary/aromatic N) is 3. The van der Waals surface area contributed by atoms with Gasteiger partial charge in [0.25, 0.3) is 11.5 Å². The molecule has 0 spiro atoms. The Balaban J connectivity index is 1.96. The number of halogens is 1. The van der Waals surface area contributed by atoms with E-state index in [4.69, 9.17) is 16.3 Å². The first-order chi connectivity index (χ1) is 15.8. The molecule has 3 aromatic rings. The minimum absolute atomic E-state index is 0.155. The highest BCUT2D eigenvalue weighted by molar-refractivity contribution is 6.51. The monoisotopic (exact) mass is 465 g/mol. The van der Waals surface area contributed by atoms with Crippen LogP contribution >= 0.6 is 11.6 Å². The summed E-state index contributed by atoms with van der Waals surface area (Å²) in [5.74, 6) is -1.85. The summed E-state index contributed by atoms with van der Waals surface area (Å²) in [7, 11) is 1.43. The minimum atomic E-state index is -1.15. The van der Waals surface area contributed by atoms with Crippen LogP contribution in [0.25, 0.3) is 5.76 Å². The van der Waals surface area contributed by atoms with Gasteiger partial charge in [-0.15, -0.1) is 0 Å². The number of ketones is 1. The molecule has 2 heterocycles. The number of anilines is 1. The molecule has 4 rings (SSSR count). The fraction of sp³-hybridized carbons (Fsp3) is 0.0870. The standard InChI is InChI=1S/C23H16ClN3O6/c1-33-17-9-8-14(12-16(17)24)21(28)19-20(13-5-4-6-15(11-13)27(31)32)26(23(30)22(19)29)18-7-2-3-10-25-18/h2-12,20,28H,1H3/t20-/m0/s1. The quantitative estimate of drug-likeness (QED) is 0.196. The Morgan fingerprint density at radius 2 is 1.94 bits per heavy atom. The lowest BCUT2D eigenvalue weighted by atomic mass is 9.95. The molecular formula is C23H16ClN3O6. The number of nitro groups is 1. The molecule has 1 amide bonds. The number of rotatable bonds is 5. The van der Waals surface area contributed by atoms with Gasteiger partial charge in [-0.1, -0.05) is 29.8 Å². The van der Waals surface area contributed by atoms with Crippen molar-refractivity contribution in [2.24, 2.45) is 0 Å². The SMILES string of the molecule is COc1ccc(C(O)=C2C(=O)C(=O)N(c3ccccn3)[C@H]2c2cccc([N+](=O)[O-])c2)cc1Cl. The van der Waals surface area contributed by atoms with E-state index in [0.29, 0.717) is 5.75 Å². The van der Waals surface area contributed by atoms with Crippen LogP contribution in [0.15, 0.2) is 72.4 Å². The number of Topliss-reactive ketones (excluding diaryl/α,β-unsaturated/α-hetero) is 1. The number of aromatic nitrogens is 1. The van der Waals surface area contributed by atoms with Crippen molar-refractivity contribution in [3.05, 3.63) is 98.7 Å². The highest BCUT2D eigenvalue weighted by Crippen LogP contribution is 2.42. The van der Waals surface area contributed by atoms with Gasteiger partial charge in [0.05, 0.1) is 28.7 Å². The molecule has 10 heteroatoms. The molecule has 2 aromatic carbocycles. The van der Waals surface area contributed by atoms with Crippen molar-refractivity contribution in [3.8, 4) is 5.75 Å². The van der Waals surface area contributed by atoms with Crippen molar-refractivity contribution in [1.29, 1.82) is 0 Å². The molecule has 0 radical (unpaired) electrons. The topological polar surface area (TPSA) is 123 Å². The zero-order chi connectivity index (χ0) is 23.7. The Kier molecular flexibility index (Phi) is 5.80. The van der Waals surface area contributed by atoms with Crippen LogP contribution in [0.1, 0.15) is 17.2 Å². The smallest absolute Gasteiger partial charge is 0.301 e. The first-order valence-electron chi connectivity index (χ1n) is 9.63. The lowest BCUT2D eigenvalue weighted by Gasteiger charge is -2.24. The van der Waals surface area contributed by atoms with Gasteiger partial charge in [0.2, 0.25) is 0 Å². The van der Waals surface area contributed by atoms with Crippen molar-refractivity contribution in [1.82, 2.24) is 4.98 Å². The van der Waals surface area contributed by atoms with E-state index < -0.39 is 28.4 Å². The number of methoxy groups -OCH3 is 1. The average molecular weight is 466 g/mol. The number of hydrogen-bond donors (Lipinski definition) is 1. The molecule has 1 aliphatic rings. The van der Waals surface area contributed by atoms with Crippen molar-refractivity contribution >= 4 is 40.6 Å². The van der Waals surface area contributed by atoms with Gasteiger partial charge in [0.15, 0.2) is 0 Å². The third kappa shape index (κ3) is 3.90. The number of carbonyl (C=O) groups excluding carboxylic acids is 2. The van der Waals surface area contributed by atoms with Crippen molar-refractivity contribution < 1.29 is 24.4 Å². The highest BCUT2D eigenvalue weighted by atomic mass is 35.5. The summed E-state index contributed by atoms with van der Waals surface area (Å²) in [6.07, 6.45) is 1.45. The van der Waals surface area contributed by atoms with Crippen LogP contribution < -0.4 is 9.64 Å². The van der Waals surface area contributed by atoms with E-state index in [-0.39, 0.29) is 33.2 Å². The molecule has 1 N–H and O–H groups in total. The molecular weight excluding hydrogens is 450 g/mol. The average Bonchev–Trinajstić information content (AvgIpc) is 3.09. The van der Waals surface area contributed by atoms with E-state index in [9.17, 15) is 24.8 Å².